The van der Waals surface area contributed by atoms with Crippen molar-refractivity contribution in [2.45, 2.75) is 0 Å². The fraction of sp³-hybridized carbons (Fsp3) is 0.333. The number of urea groups is 1. The molecule has 19 heavy (non-hydrogen) atoms. The highest BCUT2D eigenvalue weighted by Gasteiger charge is 2.12. The first-order chi connectivity index (χ1) is 8.90. The fourth-order valence-corrected chi connectivity index (χ4v) is 1.53. The van der Waals surface area contributed by atoms with Gasteiger partial charge in [0.05, 0.1) is 11.3 Å². The topological polar surface area (TPSA) is 81.7 Å². The van der Waals surface area contributed by atoms with Crippen LogP contribution >= 0.6 is 11.6 Å². The lowest BCUT2D eigenvalue weighted by molar-refractivity contribution is 0.0698. The standard InChI is InChI=1S/C12H16ClN3O3/c1-16(2)6-5-14-12(19)15-10-4-3-8(13)7-9(10)11(17)18/h3-4,7H,5-6H2,1-2H3,(H,17,18)(H2,14,15,19). The van der Waals surface area contributed by atoms with Gasteiger partial charge in [-0.2, -0.15) is 0 Å². The summed E-state index contributed by atoms with van der Waals surface area (Å²) in [5.74, 6) is -1.15. The Hall–Kier alpha value is -1.79. The molecular formula is C12H16ClN3O3. The second-order valence-electron chi connectivity index (χ2n) is 4.18. The predicted octanol–water partition coefficient (Wildman–Crippen LogP) is 1.72. The molecule has 3 N–H and O–H groups in total. The Morgan fingerprint density at radius 1 is 1.37 bits per heavy atom. The van der Waals surface area contributed by atoms with Crippen molar-refractivity contribution < 1.29 is 14.7 Å². The molecule has 0 unspecified atom stereocenters. The van der Waals surface area contributed by atoms with Crippen LogP contribution < -0.4 is 10.6 Å². The van der Waals surface area contributed by atoms with Crippen molar-refractivity contribution >= 4 is 29.3 Å². The van der Waals surface area contributed by atoms with Gasteiger partial charge in [0.2, 0.25) is 0 Å². The van der Waals surface area contributed by atoms with E-state index < -0.39 is 12.0 Å². The quantitative estimate of drug-likeness (QED) is 0.769. The third-order valence-corrected chi connectivity index (χ3v) is 2.54. The van der Waals surface area contributed by atoms with E-state index in [4.69, 9.17) is 16.7 Å². The van der Waals surface area contributed by atoms with Gasteiger partial charge in [0.25, 0.3) is 0 Å². The predicted molar refractivity (Wildman–Crippen MR) is 74.0 cm³/mol. The number of carbonyl (C=O) groups excluding carboxylic acids is 1. The highest BCUT2D eigenvalue weighted by Crippen LogP contribution is 2.20. The SMILES string of the molecule is CN(C)CCNC(=O)Nc1ccc(Cl)cc1C(=O)O. The van der Waals surface area contributed by atoms with E-state index in [9.17, 15) is 9.59 Å². The molecule has 0 saturated heterocycles. The number of benzene rings is 1. The second kappa shape index (κ2) is 6.96. The van der Waals surface area contributed by atoms with Crippen LogP contribution in [0.4, 0.5) is 10.5 Å². The number of hydrogen-bond acceptors (Lipinski definition) is 3. The number of halogens is 1. The molecule has 2 amide bonds. The number of rotatable bonds is 5. The zero-order chi connectivity index (χ0) is 14.4. The summed E-state index contributed by atoms with van der Waals surface area (Å²) in [7, 11) is 3.78. The van der Waals surface area contributed by atoms with Crippen LogP contribution in [-0.4, -0.2) is 49.2 Å². The third-order valence-electron chi connectivity index (χ3n) is 2.30. The van der Waals surface area contributed by atoms with E-state index in [0.717, 1.165) is 0 Å². The molecule has 0 aliphatic heterocycles. The summed E-state index contributed by atoms with van der Waals surface area (Å²) in [6, 6.07) is 3.81. The number of carbonyl (C=O) groups is 2. The molecule has 7 heteroatoms. The highest BCUT2D eigenvalue weighted by atomic mass is 35.5. The van der Waals surface area contributed by atoms with E-state index in [2.05, 4.69) is 10.6 Å². The van der Waals surface area contributed by atoms with Gasteiger partial charge in [-0.05, 0) is 32.3 Å². The summed E-state index contributed by atoms with van der Waals surface area (Å²) in [5.41, 5.74) is 0.162. The Labute approximate surface area is 116 Å². The minimum Gasteiger partial charge on any atom is -0.478 e. The molecule has 1 rings (SSSR count). The van der Waals surface area contributed by atoms with Crippen LogP contribution in [0.25, 0.3) is 0 Å². The molecule has 0 bridgehead atoms. The Balaban J connectivity index is 2.66. The van der Waals surface area contributed by atoms with Crippen LogP contribution in [-0.2, 0) is 0 Å². The maximum atomic E-state index is 11.6. The number of carboxylic acids is 1. The number of likely N-dealkylation sites (N-methyl/N-ethyl adjacent to an activating group) is 1. The van der Waals surface area contributed by atoms with Crippen molar-refractivity contribution in [1.82, 2.24) is 10.2 Å². The first-order valence-corrected chi connectivity index (χ1v) is 6.00. The lowest BCUT2D eigenvalue weighted by atomic mass is 10.2. The van der Waals surface area contributed by atoms with Crippen LogP contribution in [0.2, 0.25) is 5.02 Å². The van der Waals surface area contributed by atoms with E-state index >= 15 is 0 Å². The van der Waals surface area contributed by atoms with Gasteiger partial charge in [-0.25, -0.2) is 9.59 Å². The number of aromatic carboxylic acids is 1. The van der Waals surface area contributed by atoms with Gasteiger partial charge in [0.1, 0.15) is 0 Å². The molecular weight excluding hydrogens is 270 g/mol. The minimum atomic E-state index is -1.15. The van der Waals surface area contributed by atoms with Crippen molar-refractivity contribution in [3.8, 4) is 0 Å². The van der Waals surface area contributed by atoms with Gasteiger partial charge in [0.15, 0.2) is 0 Å². The number of hydrogen-bond donors (Lipinski definition) is 3. The number of nitrogens with zero attached hydrogens (tertiary/aromatic N) is 1. The van der Waals surface area contributed by atoms with E-state index in [1.165, 1.54) is 18.2 Å². The summed E-state index contributed by atoms with van der Waals surface area (Å²) in [6.45, 7) is 1.16. The zero-order valence-electron chi connectivity index (χ0n) is 10.7. The van der Waals surface area contributed by atoms with Gasteiger partial charge in [-0.1, -0.05) is 11.6 Å². The average molecular weight is 286 g/mol. The van der Waals surface area contributed by atoms with Gasteiger partial charge >= 0.3 is 12.0 Å². The molecule has 0 atom stereocenters. The van der Waals surface area contributed by atoms with E-state index in [-0.39, 0.29) is 11.3 Å². The van der Waals surface area contributed by atoms with Crippen LogP contribution in [0.15, 0.2) is 18.2 Å². The van der Waals surface area contributed by atoms with Gasteiger partial charge in [-0.3, -0.25) is 0 Å². The monoisotopic (exact) mass is 285 g/mol. The maximum absolute atomic E-state index is 11.6. The summed E-state index contributed by atoms with van der Waals surface area (Å²) < 4.78 is 0. The lowest BCUT2D eigenvalue weighted by Gasteiger charge is -2.12. The Bertz CT molecular complexity index is 477. The van der Waals surface area contributed by atoms with E-state index in [1.54, 1.807) is 0 Å². The third kappa shape index (κ3) is 5.15. The van der Waals surface area contributed by atoms with Crippen LogP contribution in [0.3, 0.4) is 0 Å². The van der Waals surface area contributed by atoms with Crippen LogP contribution in [0.1, 0.15) is 10.4 Å². The average Bonchev–Trinajstić information content (AvgIpc) is 2.30. The molecule has 1 aromatic carbocycles. The fourth-order valence-electron chi connectivity index (χ4n) is 1.36. The van der Waals surface area contributed by atoms with Crippen molar-refractivity contribution in [3.05, 3.63) is 28.8 Å². The molecule has 104 valence electrons. The van der Waals surface area contributed by atoms with Crippen molar-refractivity contribution in [2.24, 2.45) is 0 Å². The molecule has 0 saturated carbocycles. The second-order valence-corrected chi connectivity index (χ2v) is 4.62. The first-order valence-electron chi connectivity index (χ1n) is 5.62. The molecule has 0 spiro atoms. The number of anilines is 1. The number of amides is 2. The molecule has 0 radical (unpaired) electrons. The van der Waals surface area contributed by atoms with Crippen LogP contribution in [0, 0.1) is 0 Å². The molecule has 0 aromatic heterocycles. The highest BCUT2D eigenvalue weighted by molar-refractivity contribution is 6.31. The number of nitrogens with one attached hydrogen (secondary N) is 2. The van der Waals surface area contributed by atoms with Crippen molar-refractivity contribution in [1.29, 1.82) is 0 Å². The Morgan fingerprint density at radius 3 is 2.63 bits per heavy atom. The van der Waals surface area contributed by atoms with Gasteiger partial charge in [-0.15, -0.1) is 0 Å². The Morgan fingerprint density at radius 2 is 2.05 bits per heavy atom. The summed E-state index contributed by atoms with van der Waals surface area (Å²) in [5, 5.41) is 14.4. The maximum Gasteiger partial charge on any atom is 0.337 e. The van der Waals surface area contributed by atoms with Crippen molar-refractivity contribution in [3.63, 3.8) is 0 Å². The molecule has 1 aromatic rings. The van der Waals surface area contributed by atoms with Gasteiger partial charge in [0, 0.05) is 18.1 Å². The summed E-state index contributed by atoms with van der Waals surface area (Å²) >= 11 is 5.72. The molecule has 0 aliphatic carbocycles. The Kier molecular flexibility index (Phi) is 5.59. The summed E-state index contributed by atoms with van der Waals surface area (Å²) in [6.07, 6.45) is 0. The molecule has 6 nitrogen and oxygen atoms in total. The largest absolute Gasteiger partial charge is 0.478 e. The first kappa shape index (κ1) is 15.3. The van der Waals surface area contributed by atoms with E-state index in [1.807, 2.05) is 19.0 Å². The smallest absolute Gasteiger partial charge is 0.337 e. The number of carboxylic acid groups (broad SMARTS) is 1. The lowest BCUT2D eigenvalue weighted by Crippen LogP contribution is -2.34. The van der Waals surface area contributed by atoms with Gasteiger partial charge < -0.3 is 20.6 Å². The molecule has 0 fully saturated rings. The minimum absolute atomic E-state index is 0.0461. The zero-order valence-corrected chi connectivity index (χ0v) is 11.5. The summed E-state index contributed by atoms with van der Waals surface area (Å²) in [4.78, 5) is 24.5. The van der Waals surface area contributed by atoms with E-state index in [0.29, 0.717) is 18.1 Å². The normalized spacial score (nSPS) is 10.3. The molecule has 0 aliphatic rings. The molecule has 0 heterocycles. The van der Waals surface area contributed by atoms with Crippen LogP contribution in [0.5, 0.6) is 0 Å². The van der Waals surface area contributed by atoms with Crippen molar-refractivity contribution in [2.75, 3.05) is 32.5 Å².